The van der Waals surface area contributed by atoms with Crippen LogP contribution in [0.3, 0.4) is 0 Å². The summed E-state index contributed by atoms with van der Waals surface area (Å²) in [5.74, 6) is 0.0557. The highest BCUT2D eigenvalue weighted by molar-refractivity contribution is 9.10. The molecular formula is C12H10BrNO2. The summed E-state index contributed by atoms with van der Waals surface area (Å²) < 4.78 is 5.94. The second-order valence-electron chi connectivity index (χ2n) is 3.45. The van der Waals surface area contributed by atoms with Crippen molar-refractivity contribution in [3.05, 3.63) is 52.4 Å². The summed E-state index contributed by atoms with van der Waals surface area (Å²) >= 11 is 3.38. The fourth-order valence-corrected chi connectivity index (χ4v) is 2.02. The molecule has 0 aliphatic rings. The standard InChI is InChI=1S/C12H10BrNO2/c1-8-5-9(13)7-10(6-8)14-12(15)11-3-2-4-16-11/h2-7H,1H3,(H,14,15). The van der Waals surface area contributed by atoms with Gasteiger partial charge in [-0.05, 0) is 42.8 Å². The summed E-state index contributed by atoms with van der Waals surface area (Å²) in [6, 6.07) is 9.02. The van der Waals surface area contributed by atoms with Gasteiger partial charge in [-0.1, -0.05) is 15.9 Å². The molecule has 0 saturated heterocycles. The second-order valence-corrected chi connectivity index (χ2v) is 4.36. The molecule has 0 radical (unpaired) electrons. The highest BCUT2D eigenvalue weighted by Gasteiger charge is 2.08. The van der Waals surface area contributed by atoms with E-state index in [2.05, 4.69) is 21.2 Å². The molecule has 0 unspecified atom stereocenters. The number of hydrogen-bond donors (Lipinski definition) is 1. The van der Waals surface area contributed by atoms with Crippen molar-refractivity contribution in [2.24, 2.45) is 0 Å². The summed E-state index contributed by atoms with van der Waals surface area (Å²) in [5.41, 5.74) is 1.82. The van der Waals surface area contributed by atoms with E-state index in [1.165, 1.54) is 6.26 Å². The van der Waals surface area contributed by atoms with Gasteiger partial charge in [0.1, 0.15) is 0 Å². The number of furan rings is 1. The third-order valence-corrected chi connectivity index (χ3v) is 2.50. The molecule has 1 N–H and O–H groups in total. The number of amides is 1. The number of anilines is 1. The fourth-order valence-electron chi connectivity index (χ4n) is 1.41. The molecule has 1 aromatic heterocycles. The first-order chi connectivity index (χ1) is 7.65. The van der Waals surface area contributed by atoms with E-state index in [0.717, 1.165) is 15.7 Å². The Balaban J connectivity index is 2.18. The predicted octanol–water partition coefficient (Wildman–Crippen LogP) is 3.60. The average Bonchev–Trinajstić information content (AvgIpc) is 2.68. The lowest BCUT2D eigenvalue weighted by molar-refractivity contribution is 0.0996. The van der Waals surface area contributed by atoms with E-state index in [0.29, 0.717) is 5.76 Å². The summed E-state index contributed by atoms with van der Waals surface area (Å²) in [5, 5.41) is 2.76. The van der Waals surface area contributed by atoms with Gasteiger partial charge in [-0.15, -0.1) is 0 Å². The first kappa shape index (κ1) is 11.0. The van der Waals surface area contributed by atoms with Crippen molar-refractivity contribution in [2.45, 2.75) is 6.92 Å². The summed E-state index contributed by atoms with van der Waals surface area (Å²) in [4.78, 5) is 11.7. The lowest BCUT2D eigenvalue weighted by Gasteiger charge is -2.05. The Hall–Kier alpha value is -1.55. The molecule has 82 valence electrons. The Labute approximate surface area is 102 Å². The summed E-state index contributed by atoms with van der Waals surface area (Å²) in [6.45, 7) is 1.97. The smallest absolute Gasteiger partial charge is 0.291 e. The maximum absolute atomic E-state index is 11.7. The van der Waals surface area contributed by atoms with Crippen LogP contribution in [0.4, 0.5) is 5.69 Å². The van der Waals surface area contributed by atoms with Gasteiger partial charge in [-0.25, -0.2) is 0 Å². The maximum Gasteiger partial charge on any atom is 0.291 e. The molecule has 0 saturated carbocycles. The Morgan fingerprint density at radius 2 is 2.19 bits per heavy atom. The van der Waals surface area contributed by atoms with E-state index < -0.39 is 0 Å². The molecule has 2 aromatic rings. The SMILES string of the molecule is Cc1cc(Br)cc(NC(=O)c2ccco2)c1. The number of benzene rings is 1. The van der Waals surface area contributed by atoms with Gasteiger partial charge in [-0.2, -0.15) is 0 Å². The first-order valence-corrected chi connectivity index (χ1v) is 5.56. The van der Waals surface area contributed by atoms with Crippen LogP contribution in [0.2, 0.25) is 0 Å². The molecule has 0 aliphatic carbocycles. The Bertz CT molecular complexity index is 485. The molecule has 4 heteroatoms. The van der Waals surface area contributed by atoms with Gasteiger partial charge < -0.3 is 9.73 Å². The van der Waals surface area contributed by atoms with E-state index >= 15 is 0 Å². The monoisotopic (exact) mass is 279 g/mol. The van der Waals surface area contributed by atoms with Crippen molar-refractivity contribution in [2.75, 3.05) is 5.32 Å². The van der Waals surface area contributed by atoms with Crippen molar-refractivity contribution in [1.82, 2.24) is 0 Å². The molecule has 0 atom stereocenters. The van der Waals surface area contributed by atoms with E-state index in [4.69, 9.17) is 4.42 Å². The maximum atomic E-state index is 11.7. The molecule has 1 amide bonds. The van der Waals surface area contributed by atoms with E-state index in [1.54, 1.807) is 12.1 Å². The van der Waals surface area contributed by atoms with Crippen molar-refractivity contribution >= 4 is 27.5 Å². The fraction of sp³-hybridized carbons (Fsp3) is 0.0833. The van der Waals surface area contributed by atoms with Crippen LogP contribution in [0.5, 0.6) is 0 Å². The quantitative estimate of drug-likeness (QED) is 0.913. The molecule has 2 rings (SSSR count). The Morgan fingerprint density at radius 1 is 1.38 bits per heavy atom. The molecule has 0 aliphatic heterocycles. The Kier molecular flexibility index (Phi) is 3.10. The number of hydrogen-bond acceptors (Lipinski definition) is 2. The minimum Gasteiger partial charge on any atom is -0.459 e. The van der Waals surface area contributed by atoms with Crippen molar-refractivity contribution in [1.29, 1.82) is 0 Å². The van der Waals surface area contributed by atoms with Crippen molar-refractivity contribution in [3.8, 4) is 0 Å². The summed E-state index contributed by atoms with van der Waals surface area (Å²) in [6.07, 6.45) is 1.47. The van der Waals surface area contributed by atoms with Crippen LogP contribution in [0.15, 0.2) is 45.5 Å². The average molecular weight is 280 g/mol. The molecule has 0 fully saturated rings. The molecule has 3 nitrogen and oxygen atoms in total. The van der Waals surface area contributed by atoms with Gasteiger partial charge in [0, 0.05) is 10.2 Å². The third kappa shape index (κ3) is 2.52. The predicted molar refractivity (Wildman–Crippen MR) is 65.5 cm³/mol. The minimum absolute atomic E-state index is 0.248. The highest BCUT2D eigenvalue weighted by atomic mass is 79.9. The van der Waals surface area contributed by atoms with Gasteiger partial charge >= 0.3 is 0 Å². The number of carbonyl (C=O) groups excluding carboxylic acids is 1. The molecule has 16 heavy (non-hydrogen) atoms. The van der Waals surface area contributed by atoms with Crippen LogP contribution in [0.25, 0.3) is 0 Å². The molecule has 1 heterocycles. The van der Waals surface area contributed by atoms with Crippen molar-refractivity contribution in [3.63, 3.8) is 0 Å². The number of nitrogens with one attached hydrogen (secondary N) is 1. The van der Waals surface area contributed by atoms with Crippen molar-refractivity contribution < 1.29 is 9.21 Å². The lowest BCUT2D eigenvalue weighted by atomic mass is 10.2. The number of aryl methyl sites for hydroxylation is 1. The molecule has 1 aromatic carbocycles. The number of halogens is 1. The van der Waals surface area contributed by atoms with Gasteiger partial charge in [0.2, 0.25) is 0 Å². The highest BCUT2D eigenvalue weighted by Crippen LogP contribution is 2.19. The van der Waals surface area contributed by atoms with E-state index in [-0.39, 0.29) is 5.91 Å². The van der Waals surface area contributed by atoms with E-state index in [1.807, 2.05) is 25.1 Å². The summed E-state index contributed by atoms with van der Waals surface area (Å²) in [7, 11) is 0. The van der Waals surface area contributed by atoms with Crippen LogP contribution in [0, 0.1) is 6.92 Å². The molecular weight excluding hydrogens is 270 g/mol. The van der Waals surface area contributed by atoms with E-state index in [9.17, 15) is 4.79 Å². The van der Waals surface area contributed by atoms with Gasteiger partial charge in [-0.3, -0.25) is 4.79 Å². The van der Waals surface area contributed by atoms with Gasteiger partial charge in [0.15, 0.2) is 5.76 Å². The number of carbonyl (C=O) groups is 1. The first-order valence-electron chi connectivity index (χ1n) is 4.77. The zero-order chi connectivity index (χ0) is 11.5. The Morgan fingerprint density at radius 3 is 2.81 bits per heavy atom. The van der Waals surface area contributed by atoms with Crippen LogP contribution in [-0.4, -0.2) is 5.91 Å². The normalized spacial score (nSPS) is 10.1. The lowest BCUT2D eigenvalue weighted by Crippen LogP contribution is -2.10. The van der Waals surface area contributed by atoms with Gasteiger partial charge in [0.05, 0.1) is 6.26 Å². The zero-order valence-corrected chi connectivity index (χ0v) is 10.2. The topological polar surface area (TPSA) is 42.2 Å². The molecule has 0 bridgehead atoms. The zero-order valence-electron chi connectivity index (χ0n) is 8.66. The van der Waals surface area contributed by atoms with Crippen LogP contribution < -0.4 is 5.32 Å². The largest absolute Gasteiger partial charge is 0.459 e. The van der Waals surface area contributed by atoms with Crippen LogP contribution in [0.1, 0.15) is 16.1 Å². The minimum atomic E-state index is -0.248. The molecule has 0 spiro atoms. The second kappa shape index (κ2) is 4.53. The van der Waals surface area contributed by atoms with Crippen LogP contribution in [-0.2, 0) is 0 Å². The number of rotatable bonds is 2. The van der Waals surface area contributed by atoms with Gasteiger partial charge in [0.25, 0.3) is 5.91 Å². The third-order valence-electron chi connectivity index (χ3n) is 2.04. The van der Waals surface area contributed by atoms with Crippen LogP contribution >= 0.6 is 15.9 Å².